The van der Waals surface area contributed by atoms with Crippen LogP contribution in [-0.4, -0.2) is 56.7 Å². The molecule has 6 heteroatoms. The maximum Gasteiger partial charge on any atom is 0.251 e. The van der Waals surface area contributed by atoms with E-state index >= 15 is 0 Å². The number of carbonyl (C=O) groups is 1. The molecule has 3 rings (SSSR count). The summed E-state index contributed by atoms with van der Waals surface area (Å²) < 4.78 is 10.9. The molecule has 1 atom stereocenters. The Kier molecular flexibility index (Phi) is 6.75. The second kappa shape index (κ2) is 9.26. The molecule has 0 spiro atoms. The number of hydrogen-bond donors (Lipinski definition) is 1. The number of carbonyl (C=O) groups excluding carboxylic acids is 1. The molecule has 1 aliphatic heterocycles. The van der Waals surface area contributed by atoms with Gasteiger partial charge in [-0.15, -0.1) is 0 Å². The van der Waals surface area contributed by atoms with Crippen LogP contribution in [0.2, 0.25) is 0 Å². The second-order valence-corrected chi connectivity index (χ2v) is 7.59. The van der Waals surface area contributed by atoms with Crippen LogP contribution >= 0.6 is 0 Å². The summed E-state index contributed by atoms with van der Waals surface area (Å²) in [6, 6.07) is 11.9. The van der Waals surface area contributed by atoms with E-state index in [1.807, 2.05) is 43.3 Å². The standard InChI is InChI=1S/C22H31N3O3/c1-16(2)24-11-13-25(14-12-24)19-8-6-18(7-9-19)22(26)23-20(15-27-4)21-10-5-17(3)28-21/h5-10,16,20H,11-15H2,1-4H3,(H,23,26). The van der Waals surface area contributed by atoms with Crippen molar-refractivity contribution in [1.29, 1.82) is 0 Å². The van der Waals surface area contributed by atoms with E-state index in [-0.39, 0.29) is 11.9 Å². The maximum absolute atomic E-state index is 12.7. The Morgan fingerprint density at radius 3 is 2.32 bits per heavy atom. The zero-order valence-corrected chi connectivity index (χ0v) is 17.3. The third-order valence-electron chi connectivity index (χ3n) is 5.28. The van der Waals surface area contributed by atoms with Crippen molar-refractivity contribution in [2.24, 2.45) is 0 Å². The van der Waals surface area contributed by atoms with Crippen LogP contribution in [0.3, 0.4) is 0 Å². The van der Waals surface area contributed by atoms with E-state index in [9.17, 15) is 4.79 Å². The smallest absolute Gasteiger partial charge is 0.251 e. The van der Waals surface area contributed by atoms with Crippen molar-refractivity contribution in [3.05, 3.63) is 53.5 Å². The maximum atomic E-state index is 12.7. The van der Waals surface area contributed by atoms with Crippen LogP contribution in [0.15, 0.2) is 40.8 Å². The van der Waals surface area contributed by atoms with Crippen molar-refractivity contribution in [1.82, 2.24) is 10.2 Å². The first-order valence-corrected chi connectivity index (χ1v) is 9.93. The molecule has 0 saturated carbocycles. The largest absolute Gasteiger partial charge is 0.464 e. The summed E-state index contributed by atoms with van der Waals surface area (Å²) in [7, 11) is 1.61. The van der Waals surface area contributed by atoms with Gasteiger partial charge in [-0.25, -0.2) is 0 Å². The minimum absolute atomic E-state index is 0.132. The molecule has 1 saturated heterocycles. The number of amides is 1. The van der Waals surface area contributed by atoms with Crippen LogP contribution in [0.4, 0.5) is 5.69 Å². The summed E-state index contributed by atoms with van der Waals surface area (Å²) >= 11 is 0. The number of hydrogen-bond acceptors (Lipinski definition) is 5. The van der Waals surface area contributed by atoms with Crippen LogP contribution < -0.4 is 10.2 Å². The number of methoxy groups -OCH3 is 1. The summed E-state index contributed by atoms with van der Waals surface area (Å²) in [4.78, 5) is 17.6. The van der Waals surface area contributed by atoms with Crippen molar-refractivity contribution < 1.29 is 13.9 Å². The lowest BCUT2D eigenvalue weighted by Crippen LogP contribution is -2.48. The minimum Gasteiger partial charge on any atom is -0.464 e. The van der Waals surface area contributed by atoms with Crippen molar-refractivity contribution in [2.45, 2.75) is 32.9 Å². The van der Waals surface area contributed by atoms with Crippen LogP contribution in [0.25, 0.3) is 0 Å². The zero-order chi connectivity index (χ0) is 20.1. The fourth-order valence-electron chi connectivity index (χ4n) is 3.56. The summed E-state index contributed by atoms with van der Waals surface area (Å²) in [6.07, 6.45) is 0. The van der Waals surface area contributed by atoms with Gasteiger partial charge >= 0.3 is 0 Å². The highest BCUT2D eigenvalue weighted by molar-refractivity contribution is 5.94. The molecule has 6 nitrogen and oxygen atoms in total. The van der Waals surface area contributed by atoms with E-state index in [0.29, 0.717) is 24.0 Å². The van der Waals surface area contributed by atoms with Crippen molar-refractivity contribution in [3.8, 4) is 0 Å². The van der Waals surface area contributed by atoms with Gasteiger partial charge in [0.15, 0.2) is 0 Å². The van der Waals surface area contributed by atoms with Gasteiger partial charge in [-0.3, -0.25) is 9.69 Å². The van der Waals surface area contributed by atoms with Gasteiger partial charge in [-0.05, 0) is 57.2 Å². The summed E-state index contributed by atoms with van der Waals surface area (Å²) in [5, 5.41) is 3.00. The number of ether oxygens (including phenoxy) is 1. The SMILES string of the molecule is COCC(NC(=O)c1ccc(N2CCN(C(C)C)CC2)cc1)c1ccc(C)o1. The Morgan fingerprint density at radius 1 is 1.11 bits per heavy atom. The van der Waals surface area contributed by atoms with Gasteiger partial charge in [0.2, 0.25) is 0 Å². The number of nitrogens with zero attached hydrogens (tertiary/aromatic N) is 2. The lowest BCUT2D eigenvalue weighted by Gasteiger charge is -2.38. The number of benzene rings is 1. The van der Waals surface area contributed by atoms with E-state index in [1.54, 1.807) is 7.11 Å². The normalized spacial score (nSPS) is 16.4. The molecule has 0 bridgehead atoms. The van der Waals surface area contributed by atoms with E-state index in [2.05, 4.69) is 29.0 Å². The molecule has 1 N–H and O–H groups in total. The highest BCUT2D eigenvalue weighted by Crippen LogP contribution is 2.20. The topological polar surface area (TPSA) is 58.0 Å². The Bertz CT molecular complexity index is 762. The van der Waals surface area contributed by atoms with Crippen molar-refractivity contribution in [3.63, 3.8) is 0 Å². The van der Waals surface area contributed by atoms with Gasteiger partial charge in [-0.1, -0.05) is 0 Å². The molecule has 2 heterocycles. The molecular weight excluding hydrogens is 354 g/mol. The van der Waals surface area contributed by atoms with Crippen molar-refractivity contribution in [2.75, 3.05) is 44.8 Å². The Hall–Kier alpha value is -2.31. The van der Waals surface area contributed by atoms with E-state index in [4.69, 9.17) is 9.15 Å². The molecule has 0 aliphatic carbocycles. The van der Waals surface area contributed by atoms with Gasteiger partial charge in [0.1, 0.15) is 17.6 Å². The first-order valence-electron chi connectivity index (χ1n) is 9.93. The first kappa shape index (κ1) is 20.4. The monoisotopic (exact) mass is 385 g/mol. The summed E-state index contributed by atoms with van der Waals surface area (Å²) in [5.74, 6) is 1.38. The Labute approximate surface area is 167 Å². The van der Waals surface area contributed by atoms with Crippen LogP contribution in [-0.2, 0) is 4.74 Å². The number of anilines is 1. The fourth-order valence-corrected chi connectivity index (χ4v) is 3.56. The van der Waals surface area contributed by atoms with E-state index in [1.165, 1.54) is 0 Å². The summed E-state index contributed by atoms with van der Waals surface area (Å²) in [5.41, 5.74) is 1.80. The predicted octanol–water partition coefficient (Wildman–Crippen LogP) is 3.24. The molecule has 1 fully saturated rings. The number of rotatable bonds is 7. The van der Waals surface area contributed by atoms with Crippen LogP contribution in [0.5, 0.6) is 0 Å². The molecule has 0 radical (unpaired) electrons. The molecule has 1 aromatic carbocycles. The van der Waals surface area contributed by atoms with Crippen LogP contribution in [0.1, 0.15) is 41.8 Å². The third-order valence-corrected chi connectivity index (χ3v) is 5.28. The van der Waals surface area contributed by atoms with Gasteiger partial charge in [0, 0.05) is 50.6 Å². The average molecular weight is 386 g/mol. The minimum atomic E-state index is -0.310. The molecule has 1 amide bonds. The number of piperazine rings is 1. The average Bonchev–Trinajstić information content (AvgIpc) is 3.14. The van der Waals surface area contributed by atoms with E-state index in [0.717, 1.165) is 37.6 Å². The number of furan rings is 1. The first-order chi connectivity index (χ1) is 13.5. The predicted molar refractivity (Wildman–Crippen MR) is 111 cm³/mol. The fraction of sp³-hybridized carbons (Fsp3) is 0.500. The molecule has 28 heavy (non-hydrogen) atoms. The third kappa shape index (κ3) is 4.94. The van der Waals surface area contributed by atoms with Gasteiger partial charge in [-0.2, -0.15) is 0 Å². The van der Waals surface area contributed by atoms with Gasteiger partial charge in [0.25, 0.3) is 5.91 Å². The lowest BCUT2D eigenvalue weighted by atomic mass is 10.1. The molecule has 1 unspecified atom stereocenters. The quantitative estimate of drug-likeness (QED) is 0.793. The summed E-state index contributed by atoms with van der Waals surface area (Å²) in [6.45, 7) is 10.9. The van der Waals surface area contributed by atoms with Crippen molar-refractivity contribution >= 4 is 11.6 Å². The van der Waals surface area contributed by atoms with E-state index < -0.39 is 0 Å². The molecule has 1 aromatic heterocycles. The lowest BCUT2D eigenvalue weighted by molar-refractivity contribution is 0.0882. The molecular formula is C22H31N3O3. The Balaban J connectivity index is 1.61. The highest BCUT2D eigenvalue weighted by Gasteiger charge is 2.21. The number of aryl methyl sites for hydroxylation is 1. The van der Waals surface area contributed by atoms with Crippen LogP contribution in [0, 0.1) is 6.92 Å². The highest BCUT2D eigenvalue weighted by atomic mass is 16.5. The second-order valence-electron chi connectivity index (χ2n) is 7.59. The van der Waals surface area contributed by atoms with Gasteiger partial charge in [0.05, 0.1) is 6.61 Å². The molecule has 152 valence electrons. The molecule has 2 aromatic rings. The van der Waals surface area contributed by atoms with Gasteiger partial charge < -0.3 is 19.4 Å². The zero-order valence-electron chi connectivity index (χ0n) is 17.3. The molecule has 1 aliphatic rings. The number of nitrogens with one attached hydrogen (secondary N) is 1. The Morgan fingerprint density at radius 2 is 1.79 bits per heavy atom.